The van der Waals surface area contributed by atoms with Crippen LogP contribution in [-0.2, 0) is 12.7 Å². The molecule has 0 bridgehead atoms. The minimum absolute atomic E-state index is 0.0287. The molecule has 172 valence electrons. The highest BCUT2D eigenvalue weighted by Gasteiger charge is 2.37. The summed E-state index contributed by atoms with van der Waals surface area (Å²) in [5.74, 6) is -0.153. The molecule has 1 fully saturated rings. The Labute approximate surface area is 191 Å². The van der Waals surface area contributed by atoms with Crippen LogP contribution in [0.1, 0.15) is 39.4 Å². The predicted molar refractivity (Wildman–Crippen MR) is 125 cm³/mol. The van der Waals surface area contributed by atoms with Crippen LogP contribution in [0.3, 0.4) is 0 Å². The molecule has 3 aromatic carbocycles. The average molecular weight is 454 g/mol. The minimum atomic E-state index is -4.48. The number of hydrogen-bond acceptors (Lipinski definition) is 3. The lowest BCUT2D eigenvalue weighted by molar-refractivity contribution is -0.137. The Hall–Kier alpha value is -3.32. The molecule has 1 aliphatic rings. The van der Waals surface area contributed by atoms with Gasteiger partial charge in [0.25, 0.3) is 5.91 Å². The first kappa shape index (κ1) is 22.9. The van der Waals surface area contributed by atoms with E-state index in [1.54, 1.807) is 12.1 Å². The lowest BCUT2D eigenvalue weighted by Gasteiger charge is -2.13. The van der Waals surface area contributed by atoms with Crippen LogP contribution in [0.15, 0.2) is 72.8 Å². The molecule has 2 atom stereocenters. The lowest BCUT2D eigenvalue weighted by Crippen LogP contribution is -2.17. The first-order valence-electron chi connectivity index (χ1n) is 10.8. The molecule has 0 aliphatic heterocycles. The summed E-state index contributed by atoms with van der Waals surface area (Å²) >= 11 is 0. The molecule has 2 N–H and O–H groups in total. The number of nitrogens with one attached hydrogen (secondary N) is 2. The fourth-order valence-corrected chi connectivity index (χ4v) is 3.80. The highest BCUT2D eigenvalue weighted by Crippen LogP contribution is 2.41. The zero-order valence-corrected chi connectivity index (χ0v) is 18.5. The Bertz CT molecular complexity index is 1110. The normalized spacial score (nSPS) is 17.5. The number of amides is 1. The van der Waals surface area contributed by atoms with Crippen molar-refractivity contribution in [2.45, 2.75) is 31.1 Å². The molecule has 3 aromatic rings. The number of benzene rings is 3. The van der Waals surface area contributed by atoms with E-state index in [9.17, 15) is 18.0 Å². The van der Waals surface area contributed by atoms with E-state index >= 15 is 0 Å². The number of anilines is 2. The second-order valence-electron chi connectivity index (χ2n) is 8.55. The number of carbonyl (C=O) groups is 1. The fourth-order valence-electron chi connectivity index (χ4n) is 3.80. The van der Waals surface area contributed by atoms with Gasteiger partial charge >= 0.3 is 6.18 Å². The maximum absolute atomic E-state index is 12.9. The molecule has 0 heterocycles. The molecule has 1 saturated carbocycles. The maximum Gasteiger partial charge on any atom is 0.416 e. The van der Waals surface area contributed by atoms with Gasteiger partial charge in [0.05, 0.1) is 5.56 Å². The van der Waals surface area contributed by atoms with E-state index in [1.165, 1.54) is 28.9 Å². The molecule has 0 radical (unpaired) electrons. The van der Waals surface area contributed by atoms with Crippen LogP contribution in [-0.4, -0.2) is 26.0 Å². The molecule has 0 saturated heterocycles. The molecular formula is C26H26F3N3O. The first-order chi connectivity index (χ1) is 15.7. The van der Waals surface area contributed by atoms with Crippen LogP contribution in [0.5, 0.6) is 0 Å². The Morgan fingerprint density at radius 1 is 1.00 bits per heavy atom. The van der Waals surface area contributed by atoms with Crippen LogP contribution < -0.4 is 15.5 Å². The second kappa shape index (κ2) is 9.27. The maximum atomic E-state index is 12.9. The molecule has 0 spiro atoms. The van der Waals surface area contributed by atoms with Gasteiger partial charge in [-0.05, 0) is 60.0 Å². The smallest absolute Gasteiger partial charge is 0.378 e. The van der Waals surface area contributed by atoms with Gasteiger partial charge in [-0.15, -0.1) is 0 Å². The number of nitrogens with zero attached hydrogens (tertiary/aromatic N) is 1. The lowest BCUT2D eigenvalue weighted by atomic mass is 10.1. The molecular weight excluding hydrogens is 427 g/mol. The van der Waals surface area contributed by atoms with Gasteiger partial charge in [0.15, 0.2) is 0 Å². The molecule has 4 nitrogen and oxygen atoms in total. The van der Waals surface area contributed by atoms with Crippen LogP contribution >= 0.6 is 0 Å². The van der Waals surface area contributed by atoms with Crippen molar-refractivity contribution in [3.05, 3.63) is 95.1 Å². The number of halogens is 3. The van der Waals surface area contributed by atoms with E-state index in [0.717, 1.165) is 25.1 Å². The van der Waals surface area contributed by atoms with E-state index in [1.807, 2.05) is 26.2 Å². The van der Waals surface area contributed by atoms with Crippen LogP contribution in [0, 0.1) is 0 Å². The molecule has 2 unspecified atom stereocenters. The Morgan fingerprint density at radius 3 is 2.33 bits per heavy atom. The fraction of sp³-hybridized carbons (Fsp3) is 0.269. The van der Waals surface area contributed by atoms with Gasteiger partial charge in [0.2, 0.25) is 0 Å². The third-order valence-electron chi connectivity index (χ3n) is 5.86. The largest absolute Gasteiger partial charge is 0.416 e. The number of carbonyl (C=O) groups excluding carboxylic acids is 1. The molecule has 7 heteroatoms. The summed E-state index contributed by atoms with van der Waals surface area (Å²) in [6.07, 6.45) is -3.44. The van der Waals surface area contributed by atoms with Crippen molar-refractivity contribution in [1.29, 1.82) is 0 Å². The summed E-state index contributed by atoms with van der Waals surface area (Å²) < 4.78 is 38.6. The van der Waals surface area contributed by atoms with E-state index < -0.39 is 17.6 Å². The van der Waals surface area contributed by atoms with Gasteiger partial charge in [-0.25, -0.2) is 0 Å². The predicted octanol–water partition coefficient (Wildman–Crippen LogP) is 5.67. The van der Waals surface area contributed by atoms with Crippen molar-refractivity contribution in [1.82, 2.24) is 5.32 Å². The van der Waals surface area contributed by atoms with E-state index in [0.29, 0.717) is 17.6 Å². The van der Waals surface area contributed by atoms with Crippen LogP contribution in [0.2, 0.25) is 0 Å². The summed E-state index contributed by atoms with van der Waals surface area (Å²) in [7, 11) is 4.04. The van der Waals surface area contributed by atoms with Crippen molar-refractivity contribution in [3.8, 4) is 0 Å². The Kier molecular flexibility index (Phi) is 6.42. The molecule has 0 aromatic heterocycles. The van der Waals surface area contributed by atoms with Gasteiger partial charge in [-0.3, -0.25) is 4.79 Å². The van der Waals surface area contributed by atoms with Crippen LogP contribution in [0.25, 0.3) is 0 Å². The number of alkyl halides is 3. The van der Waals surface area contributed by atoms with E-state index in [-0.39, 0.29) is 5.56 Å². The van der Waals surface area contributed by atoms with E-state index in [2.05, 4.69) is 39.8 Å². The SMILES string of the molecule is CN(C)c1ccc(CNC2CC2c2ccc(NC(=O)c3cccc(C(F)(F)F)c3)cc2)cc1. The third-order valence-corrected chi connectivity index (χ3v) is 5.86. The first-order valence-corrected chi connectivity index (χ1v) is 10.8. The average Bonchev–Trinajstić information content (AvgIpc) is 3.58. The molecule has 33 heavy (non-hydrogen) atoms. The zero-order chi connectivity index (χ0) is 23.6. The summed E-state index contributed by atoms with van der Waals surface area (Å²) in [5.41, 5.74) is 3.26. The summed E-state index contributed by atoms with van der Waals surface area (Å²) in [5, 5.41) is 6.25. The number of rotatable bonds is 7. The Balaban J connectivity index is 1.30. The van der Waals surface area contributed by atoms with Crippen molar-refractivity contribution in [2.75, 3.05) is 24.3 Å². The van der Waals surface area contributed by atoms with Gasteiger partial charge < -0.3 is 15.5 Å². The standard InChI is InChI=1S/C26H26F3N3O/c1-32(2)22-12-6-17(7-13-22)16-30-24-15-23(24)18-8-10-21(11-9-18)31-25(33)19-4-3-5-20(14-19)26(27,28)29/h3-14,23-24,30H,15-16H2,1-2H3,(H,31,33). The highest BCUT2D eigenvalue weighted by molar-refractivity contribution is 6.04. The zero-order valence-electron chi connectivity index (χ0n) is 18.5. The molecule has 1 amide bonds. The van der Waals surface area contributed by atoms with Gasteiger partial charge in [0.1, 0.15) is 0 Å². The molecule has 4 rings (SSSR count). The Morgan fingerprint density at radius 2 is 1.70 bits per heavy atom. The summed E-state index contributed by atoms with van der Waals surface area (Å²) in [4.78, 5) is 14.4. The van der Waals surface area contributed by atoms with Crippen molar-refractivity contribution in [2.24, 2.45) is 0 Å². The van der Waals surface area contributed by atoms with Crippen molar-refractivity contribution < 1.29 is 18.0 Å². The number of hydrogen-bond donors (Lipinski definition) is 2. The van der Waals surface area contributed by atoms with Crippen molar-refractivity contribution in [3.63, 3.8) is 0 Å². The van der Waals surface area contributed by atoms with Crippen LogP contribution in [0.4, 0.5) is 24.5 Å². The minimum Gasteiger partial charge on any atom is -0.378 e. The third kappa shape index (κ3) is 5.73. The van der Waals surface area contributed by atoms with Gasteiger partial charge in [-0.2, -0.15) is 13.2 Å². The van der Waals surface area contributed by atoms with E-state index in [4.69, 9.17) is 0 Å². The van der Waals surface area contributed by atoms with Gasteiger partial charge in [-0.1, -0.05) is 30.3 Å². The van der Waals surface area contributed by atoms with Gasteiger partial charge in [0, 0.05) is 49.5 Å². The summed E-state index contributed by atoms with van der Waals surface area (Å²) in [6.45, 7) is 0.806. The van der Waals surface area contributed by atoms with Crippen molar-refractivity contribution >= 4 is 17.3 Å². The molecule has 1 aliphatic carbocycles. The summed E-state index contributed by atoms with van der Waals surface area (Å²) in [6, 6.07) is 20.8. The topological polar surface area (TPSA) is 44.4 Å². The second-order valence-corrected chi connectivity index (χ2v) is 8.55. The quantitative estimate of drug-likeness (QED) is 0.485. The monoisotopic (exact) mass is 453 g/mol. The highest BCUT2D eigenvalue weighted by atomic mass is 19.4.